The van der Waals surface area contributed by atoms with Crippen molar-refractivity contribution in [1.82, 2.24) is 0 Å². The van der Waals surface area contributed by atoms with Crippen LogP contribution in [0.2, 0.25) is 0 Å². The minimum absolute atomic E-state index is 0. The Morgan fingerprint density at radius 3 is 1.78 bits per heavy atom. The molecule has 7 nitrogen and oxygen atoms in total. The van der Waals surface area contributed by atoms with E-state index in [1.54, 1.807) is 0 Å². The first-order valence-electron chi connectivity index (χ1n) is 1.21. The first-order valence-corrected chi connectivity index (χ1v) is 2.55. The average Bonchev–Trinajstić information content (AvgIpc) is 1.21. The van der Waals surface area contributed by atoms with E-state index in [9.17, 15) is 13.0 Å². The third-order valence-corrected chi connectivity index (χ3v) is 0.456. The van der Waals surface area contributed by atoms with Gasteiger partial charge in [0, 0.05) is 0 Å². The Morgan fingerprint density at radius 1 is 1.44 bits per heavy atom. The molecule has 0 aliphatic carbocycles. The van der Waals surface area contributed by atoms with E-state index in [2.05, 4.69) is 4.28 Å². The van der Waals surface area contributed by atoms with Crippen molar-refractivity contribution in [2.45, 2.75) is 0 Å². The molecular weight excluding hydrogens is 181 g/mol. The van der Waals surface area contributed by atoms with Gasteiger partial charge < -0.3 is 4.55 Å². The molecule has 0 rings (SSSR count). The van der Waals surface area contributed by atoms with E-state index >= 15 is 0 Å². The van der Waals surface area contributed by atoms with Gasteiger partial charge in [0.1, 0.15) is 0 Å². The molecule has 0 aromatic heterocycles. The van der Waals surface area contributed by atoms with Crippen LogP contribution in [0.5, 0.6) is 0 Å². The Labute approximate surface area is 92.9 Å². The minimum atomic E-state index is -5.17. The summed E-state index contributed by atoms with van der Waals surface area (Å²) in [5.74, 6) is 0. The van der Waals surface area contributed by atoms with Gasteiger partial charge in [0.2, 0.25) is 0 Å². The van der Waals surface area contributed by atoms with E-state index in [0.29, 0.717) is 0 Å². The maximum absolute atomic E-state index is 9.22. The smallest absolute Gasteiger partial charge is 0.727 e. The van der Waals surface area contributed by atoms with E-state index in [1.165, 1.54) is 0 Å². The normalized spacial score (nSPS) is 9.44. The van der Waals surface area contributed by atoms with Crippen LogP contribution >= 0.6 is 0 Å². The number of nitrogens with zero attached hydrogens (tertiary/aromatic N) is 1. The van der Waals surface area contributed by atoms with Crippen LogP contribution in [0.15, 0.2) is 0 Å². The molecular formula is KNO6S. The summed E-state index contributed by atoms with van der Waals surface area (Å²) < 4.78 is 30.2. The van der Waals surface area contributed by atoms with Gasteiger partial charge in [-0.25, -0.2) is 8.42 Å². The van der Waals surface area contributed by atoms with Crippen LogP contribution in [0.4, 0.5) is 0 Å². The molecule has 0 amide bonds. The predicted molar refractivity (Wildman–Crippen MR) is 17.8 cm³/mol. The monoisotopic (exact) mass is 181 g/mol. The van der Waals surface area contributed by atoms with Gasteiger partial charge in [-0.3, -0.25) is 0 Å². The van der Waals surface area contributed by atoms with Crippen LogP contribution in [-0.4, -0.2) is 18.1 Å². The number of hydrogen-bond acceptors (Lipinski definition) is 6. The molecule has 0 unspecified atom stereocenters. The fourth-order valence-corrected chi connectivity index (χ4v) is 0.224. The fourth-order valence-electron chi connectivity index (χ4n) is 0.0745. The molecule has 0 fully saturated rings. The summed E-state index contributed by atoms with van der Waals surface area (Å²) in [7, 11) is -5.17. The number of hydrogen-bond donors (Lipinski definition) is 0. The Balaban J connectivity index is 0. The molecule has 0 aromatic rings. The maximum atomic E-state index is 9.22. The summed E-state index contributed by atoms with van der Waals surface area (Å²) in [5.41, 5.74) is 0. The van der Waals surface area contributed by atoms with Gasteiger partial charge in [0.15, 0.2) is 0 Å². The third-order valence-electron chi connectivity index (χ3n) is 0.152. The largest absolute Gasteiger partial charge is 1.00 e. The van der Waals surface area contributed by atoms with Crippen molar-refractivity contribution in [2.75, 3.05) is 0 Å². The summed E-state index contributed by atoms with van der Waals surface area (Å²) in [6.07, 6.45) is 0. The van der Waals surface area contributed by atoms with Crippen molar-refractivity contribution < 1.29 is 73.7 Å². The molecule has 0 aromatic carbocycles. The minimum Gasteiger partial charge on any atom is -0.727 e. The molecule has 0 saturated carbocycles. The second kappa shape index (κ2) is 4.54. The van der Waals surface area contributed by atoms with E-state index in [0.717, 1.165) is 0 Å². The summed E-state index contributed by atoms with van der Waals surface area (Å²) in [6, 6.07) is 0. The molecule has 0 aliphatic rings. The standard InChI is InChI=1S/K.HNO6S/c;2-1(3)7-8(4,5)6/h;(H,4,5,6)/q+1;/p-1. The first-order chi connectivity index (χ1) is 3.42. The molecule has 0 heterocycles. The van der Waals surface area contributed by atoms with E-state index in [4.69, 9.17) is 10.1 Å². The molecule has 9 heteroatoms. The molecule has 0 atom stereocenters. The van der Waals surface area contributed by atoms with Crippen LogP contribution in [0.25, 0.3) is 0 Å². The van der Waals surface area contributed by atoms with Gasteiger partial charge in [-0.1, -0.05) is 0 Å². The summed E-state index contributed by atoms with van der Waals surface area (Å²) in [5, 5.41) is 7.33. The summed E-state index contributed by atoms with van der Waals surface area (Å²) in [6.45, 7) is 0. The van der Waals surface area contributed by atoms with Gasteiger partial charge in [-0.2, -0.15) is 4.28 Å². The van der Waals surface area contributed by atoms with Crippen LogP contribution in [0, 0.1) is 10.1 Å². The SMILES string of the molecule is O=[N+]([O-])OS(=O)(=O)[O-].[K+]. The Morgan fingerprint density at radius 2 is 1.78 bits per heavy atom. The first kappa shape index (κ1) is 12.4. The quantitative estimate of drug-likeness (QED) is 0.140. The fraction of sp³-hybridized carbons (Fsp3) is 0. The van der Waals surface area contributed by atoms with Crippen LogP contribution in [-0.2, 0) is 14.7 Å². The van der Waals surface area contributed by atoms with E-state index < -0.39 is 15.5 Å². The zero-order valence-electron chi connectivity index (χ0n) is 4.30. The Kier molecular flexibility index (Phi) is 6.27. The van der Waals surface area contributed by atoms with E-state index in [1.807, 2.05) is 0 Å². The summed E-state index contributed by atoms with van der Waals surface area (Å²) >= 11 is 0. The molecule has 48 valence electrons. The summed E-state index contributed by atoms with van der Waals surface area (Å²) in [4.78, 5) is 9.02. The van der Waals surface area contributed by atoms with Crippen LogP contribution in [0.1, 0.15) is 0 Å². The van der Waals surface area contributed by atoms with Crippen LogP contribution < -0.4 is 51.4 Å². The second-order valence-electron chi connectivity index (χ2n) is 0.706. The predicted octanol–water partition coefficient (Wildman–Crippen LogP) is -4.34. The molecule has 0 radical (unpaired) electrons. The van der Waals surface area contributed by atoms with Crippen molar-refractivity contribution in [3.63, 3.8) is 0 Å². The van der Waals surface area contributed by atoms with E-state index in [-0.39, 0.29) is 51.4 Å². The maximum Gasteiger partial charge on any atom is 1.00 e. The van der Waals surface area contributed by atoms with Crippen molar-refractivity contribution in [1.29, 1.82) is 0 Å². The van der Waals surface area contributed by atoms with Gasteiger partial charge in [0.25, 0.3) is 10.4 Å². The van der Waals surface area contributed by atoms with Crippen molar-refractivity contribution in [2.24, 2.45) is 0 Å². The zero-order valence-corrected chi connectivity index (χ0v) is 8.24. The second-order valence-corrected chi connectivity index (χ2v) is 1.67. The van der Waals surface area contributed by atoms with Crippen LogP contribution in [0.3, 0.4) is 0 Å². The van der Waals surface area contributed by atoms with Gasteiger partial charge in [-0.15, -0.1) is 10.1 Å². The molecule has 0 saturated heterocycles. The van der Waals surface area contributed by atoms with Gasteiger partial charge in [-0.05, 0) is 0 Å². The van der Waals surface area contributed by atoms with Gasteiger partial charge >= 0.3 is 56.5 Å². The molecule has 0 aliphatic heterocycles. The average molecular weight is 181 g/mol. The topological polar surface area (TPSA) is 110 Å². The zero-order chi connectivity index (χ0) is 6.78. The number of rotatable bonds is 2. The van der Waals surface area contributed by atoms with Crippen molar-refractivity contribution in [3.8, 4) is 0 Å². The third kappa shape index (κ3) is 12.1. The molecule has 9 heavy (non-hydrogen) atoms. The van der Waals surface area contributed by atoms with Crippen molar-refractivity contribution in [3.05, 3.63) is 10.1 Å². The van der Waals surface area contributed by atoms with Gasteiger partial charge in [0.05, 0.1) is 0 Å². The Hall–Kier alpha value is 0.746. The molecule has 0 bridgehead atoms. The van der Waals surface area contributed by atoms with Crippen molar-refractivity contribution >= 4 is 10.4 Å². The Bertz CT molecular complexity index is 179. The molecule has 0 N–H and O–H groups in total. The molecule has 0 spiro atoms.